The molecule has 1 aliphatic rings. The molecule has 0 radical (unpaired) electrons. The standard InChI is InChI=1S/C26H20ClN3O4/c1-15-5-3-4-6-21(15)30-25(33)22(27)23(26(30)34)28-19-13-9-18(10-14-19)24(32)29-20-11-7-17(8-12-20)16(2)31/h3-14,28H,1-2H3,(H,29,32). The van der Waals surface area contributed by atoms with E-state index >= 15 is 0 Å². The molecule has 170 valence electrons. The first-order chi connectivity index (χ1) is 16.3. The van der Waals surface area contributed by atoms with Crippen LogP contribution in [0.1, 0.15) is 33.2 Å². The molecule has 0 aromatic heterocycles. The second-order valence-corrected chi connectivity index (χ2v) is 8.09. The van der Waals surface area contributed by atoms with E-state index in [-0.39, 0.29) is 22.4 Å². The Bertz CT molecular complexity index is 1350. The number of rotatable bonds is 6. The molecule has 0 spiro atoms. The number of carbonyl (C=O) groups is 4. The van der Waals surface area contributed by atoms with Gasteiger partial charge in [-0.25, -0.2) is 4.90 Å². The highest BCUT2D eigenvalue weighted by atomic mass is 35.5. The van der Waals surface area contributed by atoms with Crippen molar-refractivity contribution in [2.75, 3.05) is 15.5 Å². The minimum atomic E-state index is -0.602. The number of anilines is 3. The fourth-order valence-electron chi connectivity index (χ4n) is 3.49. The van der Waals surface area contributed by atoms with Gasteiger partial charge in [0, 0.05) is 22.5 Å². The van der Waals surface area contributed by atoms with Gasteiger partial charge in [0.15, 0.2) is 5.78 Å². The number of amides is 3. The quantitative estimate of drug-likeness (QED) is 0.392. The van der Waals surface area contributed by atoms with Crippen molar-refractivity contribution in [2.45, 2.75) is 13.8 Å². The number of aryl methyl sites for hydroxylation is 1. The number of halogens is 1. The SMILES string of the molecule is CC(=O)c1ccc(NC(=O)c2ccc(NC3=C(Cl)C(=O)N(c4ccccc4C)C3=O)cc2)cc1. The van der Waals surface area contributed by atoms with Gasteiger partial charge in [-0.3, -0.25) is 19.2 Å². The second-order valence-electron chi connectivity index (χ2n) is 7.71. The number of para-hydroxylation sites is 1. The maximum Gasteiger partial charge on any atom is 0.283 e. The molecule has 1 heterocycles. The summed E-state index contributed by atoms with van der Waals surface area (Å²) in [4.78, 5) is 50.5. The average molecular weight is 474 g/mol. The molecule has 2 N–H and O–H groups in total. The highest BCUT2D eigenvalue weighted by Crippen LogP contribution is 2.31. The number of carbonyl (C=O) groups excluding carboxylic acids is 4. The van der Waals surface area contributed by atoms with Crippen LogP contribution in [0.3, 0.4) is 0 Å². The second kappa shape index (κ2) is 9.33. The van der Waals surface area contributed by atoms with Crippen molar-refractivity contribution in [3.63, 3.8) is 0 Å². The molecule has 0 atom stereocenters. The van der Waals surface area contributed by atoms with Crippen LogP contribution in [0.2, 0.25) is 0 Å². The fraction of sp³-hybridized carbons (Fsp3) is 0.0769. The van der Waals surface area contributed by atoms with Gasteiger partial charge in [0.05, 0.1) is 5.69 Å². The summed E-state index contributed by atoms with van der Waals surface area (Å²) < 4.78 is 0. The van der Waals surface area contributed by atoms with Crippen LogP contribution in [0.4, 0.5) is 17.1 Å². The number of hydrogen-bond acceptors (Lipinski definition) is 5. The molecule has 8 heteroatoms. The first-order valence-corrected chi connectivity index (χ1v) is 10.8. The normalized spacial score (nSPS) is 13.3. The van der Waals surface area contributed by atoms with Crippen LogP contribution in [0, 0.1) is 6.92 Å². The fourth-order valence-corrected chi connectivity index (χ4v) is 3.70. The Balaban J connectivity index is 1.46. The van der Waals surface area contributed by atoms with Gasteiger partial charge < -0.3 is 10.6 Å². The Morgan fingerprint density at radius 1 is 0.794 bits per heavy atom. The number of benzene rings is 3. The van der Waals surface area contributed by atoms with Gasteiger partial charge in [-0.15, -0.1) is 0 Å². The molecular formula is C26H20ClN3O4. The lowest BCUT2D eigenvalue weighted by molar-refractivity contribution is -0.120. The van der Waals surface area contributed by atoms with E-state index in [0.29, 0.717) is 28.2 Å². The third-order valence-corrected chi connectivity index (χ3v) is 5.70. The Morgan fingerprint density at radius 2 is 1.38 bits per heavy atom. The van der Waals surface area contributed by atoms with Gasteiger partial charge >= 0.3 is 0 Å². The summed E-state index contributed by atoms with van der Waals surface area (Å²) in [6, 6.07) is 20.0. The van der Waals surface area contributed by atoms with E-state index in [9.17, 15) is 19.2 Å². The summed E-state index contributed by atoms with van der Waals surface area (Å²) >= 11 is 6.19. The summed E-state index contributed by atoms with van der Waals surface area (Å²) in [6.45, 7) is 3.28. The molecule has 3 amide bonds. The summed E-state index contributed by atoms with van der Waals surface area (Å²) in [7, 11) is 0. The molecule has 1 aliphatic heterocycles. The third kappa shape index (κ3) is 4.46. The summed E-state index contributed by atoms with van der Waals surface area (Å²) in [5.74, 6) is -1.55. The third-order valence-electron chi connectivity index (χ3n) is 5.35. The number of Topliss-reactive ketones (excluding diaryl/α,β-unsaturated/α-hetero) is 1. The Labute approximate surface area is 201 Å². The van der Waals surface area contributed by atoms with Crippen LogP contribution in [-0.2, 0) is 9.59 Å². The van der Waals surface area contributed by atoms with E-state index < -0.39 is 11.8 Å². The predicted octanol–water partition coefficient (Wildman–Crippen LogP) is 4.89. The average Bonchev–Trinajstić information content (AvgIpc) is 3.03. The molecule has 0 unspecified atom stereocenters. The zero-order chi connectivity index (χ0) is 24.4. The number of imide groups is 1. The minimum Gasteiger partial charge on any atom is -0.350 e. The van der Waals surface area contributed by atoms with E-state index in [1.54, 1.807) is 73.7 Å². The molecule has 4 rings (SSSR count). The number of nitrogens with zero attached hydrogens (tertiary/aromatic N) is 1. The van der Waals surface area contributed by atoms with Crippen molar-refractivity contribution in [3.05, 3.63) is 100 Å². The Hall–Kier alpha value is -4.23. The number of hydrogen-bond donors (Lipinski definition) is 2. The van der Waals surface area contributed by atoms with E-state index in [2.05, 4.69) is 10.6 Å². The minimum absolute atomic E-state index is 0.0299. The van der Waals surface area contributed by atoms with Crippen LogP contribution in [0.5, 0.6) is 0 Å². The smallest absolute Gasteiger partial charge is 0.283 e. The van der Waals surface area contributed by atoms with Crippen LogP contribution in [0.25, 0.3) is 0 Å². The molecule has 0 aliphatic carbocycles. The van der Waals surface area contributed by atoms with Crippen LogP contribution in [0.15, 0.2) is 83.5 Å². The zero-order valence-electron chi connectivity index (χ0n) is 18.4. The molecule has 3 aromatic carbocycles. The van der Waals surface area contributed by atoms with Gasteiger partial charge in [-0.1, -0.05) is 29.8 Å². The first-order valence-electron chi connectivity index (χ1n) is 10.4. The predicted molar refractivity (Wildman–Crippen MR) is 131 cm³/mol. The lowest BCUT2D eigenvalue weighted by Gasteiger charge is -2.17. The topological polar surface area (TPSA) is 95.6 Å². The van der Waals surface area contributed by atoms with E-state index in [4.69, 9.17) is 11.6 Å². The van der Waals surface area contributed by atoms with Crippen molar-refractivity contribution < 1.29 is 19.2 Å². The zero-order valence-corrected chi connectivity index (χ0v) is 19.1. The van der Waals surface area contributed by atoms with Crippen LogP contribution >= 0.6 is 11.6 Å². The molecule has 3 aromatic rings. The van der Waals surface area contributed by atoms with E-state index in [1.807, 2.05) is 6.07 Å². The number of nitrogens with one attached hydrogen (secondary N) is 2. The summed E-state index contributed by atoms with van der Waals surface area (Å²) in [5, 5.41) is 5.45. The van der Waals surface area contributed by atoms with Crippen molar-refractivity contribution >= 4 is 52.2 Å². The first kappa shape index (κ1) is 22.9. The molecule has 7 nitrogen and oxygen atoms in total. The van der Waals surface area contributed by atoms with E-state index in [1.165, 1.54) is 6.92 Å². The lowest BCUT2D eigenvalue weighted by Crippen LogP contribution is -2.32. The van der Waals surface area contributed by atoms with Crippen molar-refractivity contribution in [1.82, 2.24) is 0 Å². The molecule has 0 saturated heterocycles. The summed E-state index contributed by atoms with van der Waals surface area (Å²) in [5.41, 5.74) is 3.19. The van der Waals surface area contributed by atoms with Crippen LogP contribution in [-0.4, -0.2) is 23.5 Å². The van der Waals surface area contributed by atoms with Crippen molar-refractivity contribution in [3.8, 4) is 0 Å². The van der Waals surface area contributed by atoms with E-state index in [0.717, 1.165) is 10.5 Å². The van der Waals surface area contributed by atoms with Crippen molar-refractivity contribution in [1.29, 1.82) is 0 Å². The monoisotopic (exact) mass is 473 g/mol. The maximum atomic E-state index is 12.9. The Morgan fingerprint density at radius 3 is 2.00 bits per heavy atom. The lowest BCUT2D eigenvalue weighted by atomic mass is 10.1. The Kier molecular flexibility index (Phi) is 6.30. The van der Waals surface area contributed by atoms with Gasteiger partial charge in [0.1, 0.15) is 10.7 Å². The largest absolute Gasteiger partial charge is 0.350 e. The molecule has 0 bridgehead atoms. The highest BCUT2D eigenvalue weighted by molar-refractivity contribution is 6.53. The van der Waals surface area contributed by atoms with Gasteiger partial charge in [0.2, 0.25) is 0 Å². The van der Waals surface area contributed by atoms with Gasteiger partial charge in [-0.2, -0.15) is 0 Å². The van der Waals surface area contributed by atoms with Gasteiger partial charge in [0.25, 0.3) is 17.7 Å². The molecule has 34 heavy (non-hydrogen) atoms. The molecule has 0 fully saturated rings. The summed E-state index contributed by atoms with van der Waals surface area (Å²) in [6.07, 6.45) is 0. The number of ketones is 1. The molecular weight excluding hydrogens is 454 g/mol. The maximum absolute atomic E-state index is 12.9. The van der Waals surface area contributed by atoms with Crippen LogP contribution < -0.4 is 15.5 Å². The van der Waals surface area contributed by atoms with Crippen molar-refractivity contribution in [2.24, 2.45) is 0 Å². The van der Waals surface area contributed by atoms with Gasteiger partial charge in [-0.05, 0) is 74.0 Å². The molecule has 0 saturated carbocycles. The highest BCUT2D eigenvalue weighted by Gasteiger charge is 2.39.